The molecule has 21 heavy (non-hydrogen) atoms. The van der Waals surface area contributed by atoms with Crippen molar-refractivity contribution in [3.63, 3.8) is 0 Å². The van der Waals surface area contributed by atoms with Gasteiger partial charge in [0.25, 0.3) is 0 Å². The van der Waals surface area contributed by atoms with Crippen LogP contribution in [0.25, 0.3) is 0 Å². The van der Waals surface area contributed by atoms with Gasteiger partial charge in [0.05, 0.1) is 3.79 Å². The first kappa shape index (κ1) is 17.1. The Kier molecular flexibility index (Phi) is 5.98. The van der Waals surface area contributed by atoms with Gasteiger partial charge in [-0.05, 0) is 60.1 Å². The molecule has 116 valence electrons. The molecule has 0 radical (unpaired) electrons. The Morgan fingerprint density at radius 2 is 2.05 bits per heavy atom. The van der Waals surface area contributed by atoms with Gasteiger partial charge in [0.15, 0.2) is 0 Å². The van der Waals surface area contributed by atoms with Crippen LogP contribution in [-0.4, -0.2) is 22.0 Å². The largest absolute Gasteiger partial charge is 0.315 e. The summed E-state index contributed by atoms with van der Waals surface area (Å²) in [6, 6.07) is 5.71. The molecule has 0 atom stereocenters. The van der Waals surface area contributed by atoms with E-state index >= 15 is 0 Å². The number of thiophene rings is 2. The summed E-state index contributed by atoms with van der Waals surface area (Å²) in [4.78, 5) is 2.21. The maximum atomic E-state index is 12.3. The van der Waals surface area contributed by atoms with Gasteiger partial charge < -0.3 is 5.32 Å². The highest BCUT2D eigenvalue weighted by molar-refractivity contribution is 9.11. The summed E-state index contributed by atoms with van der Waals surface area (Å²) in [6.07, 6.45) is 0.698. The van der Waals surface area contributed by atoms with E-state index in [1.807, 2.05) is 26.1 Å². The minimum atomic E-state index is -3.41. The van der Waals surface area contributed by atoms with Crippen LogP contribution in [0.4, 0.5) is 0 Å². The van der Waals surface area contributed by atoms with Crippen molar-refractivity contribution in [3.8, 4) is 0 Å². The van der Waals surface area contributed by atoms with E-state index in [-0.39, 0.29) is 0 Å². The topological polar surface area (TPSA) is 58.2 Å². The molecule has 0 aliphatic rings. The van der Waals surface area contributed by atoms with Crippen LogP contribution in [0.2, 0.25) is 0 Å². The molecule has 8 heteroatoms. The molecule has 0 aromatic carbocycles. The Morgan fingerprint density at radius 3 is 2.67 bits per heavy atom. The first-order valence-electron chi connectivity index (χ1n) is 6.40. The summed E-state index contributed by atoms with van der Waals surface area (Å²) in [7, 11) is -1.56. The lowest BCUT2D eigenvalue weighted by molar-refractivity contribution is 0.584. The Bertz CT molecular complexity index is 707. The fourth-order valence-electron chi connectivity index (χ4n) is 1.82. The molecule has 0 spiro atoms. The van der Waals surface area contributed by atoms with E-state index in [0.717, 1.165) is 19.1 Å². The van der Waals surface area contributed by atoms with E-state index < -0.39 is 10.0 Å². The average Bonchev–Trinajstić information content (AvgIpc) is 2.98. The van der Waals surface area contributed by atoms with Crippen LogP contribution in [0, 0.1) is 6.92 Å². The summed E-state index contributed by atoms with van der Waals surface area (Å²) in [5.41, 5.74) is 1.01. The Labute approximate surface area is 141 Å². The lowest BCUT2D eigenvalue weighted by atomic mass is 10.3. The van der Waals surface area contributed by atoms with E-state index in [1.54, 1.807) is 17.4 Å². The molecule has 2 rings (SSSR count). The molecule has 0 fully saturated rings. The molecule has 0 saturated carbocycles. The number of sulfonamides is 1. The molecule has 0 aliphatic heterocycles. The van der Waals surface area contributed by atoms with Gasteiger partial charge in [-0.3, -0.25) is 0 Å². The molecule has 2 heterocycles. The van der Waals surface area contributed by atoms with Crippen LogP contribution < -0.4 is 10.0 Å². The van der Waals surface area contributed by atoms with Crippen LogP contribution in [0.3, 0.4) is 0 Å². The predicted molar refractivity (Wildman–Crippen MR) is 92.7 cm³/mol. The molecule has 0 aliphatic carbocycles. The van der Waals surface area contributed by atoms with Crippen LogP contribution in [0.15, 0.2) is 26.2 Å². The third-order valence-electron chi connectivity index (χ3n) is 2.89. The standard InChI is InChI=1S/C13H17BrN2O2S3/c1-9-7-13(20-11(9)8-15-2)21(17,18)16-6-5-10-3-4-12(14)19-10/h3-4,7,15-16H,5-6,8H2,1-2H3. The maximum absolute atomic E-state index is 12.3. The second-order valence-corrected chi connectivity index (χ2v) is 10.2. The molecule has 2 aromatic heterocycles. The van der Waals surface area contributed by atoms with Crippen molar-refractivity contribution in [2.24, 2.45) is 0 Å². The SMILES string of the molecule is CNCc1sc(S(=O)(=O)NCCc2ccc(Br)s2)cc1C. The highest BCUT2D eigenvalue weighted by Crippen LogP contribution is 2.26. The number of halogens is 1. The van der Waals surface area contributed by atoms with Crippen molar-refractivity contribution in [1.29, 1.82) is 0 Å². The molecule has 0 amide bonds. The second-order valence-electron chi connectivity index (χ2n) is 4.56. The number of rotatable bonds is 7. The van der Waals surface area contributed by atoms with Crippen molar-refractivity contribution in [2.75, 3.05) is 13.6 Å². The lowest BCUT2D eigenvalue weighted by Gasteiger charge is -2.03. The number of hydrogen-bond donors (Lipinski definition) is 2. The van der Waals surface area contributed by atoms with Crippen LogP contribution in [0.1, 0.15) is 15.3 Å². The summed E-state index contributed by atoms with van der Waals surface area (Å²) in [5.74, 6) is 0. The molecule has 2 aromatic rings. The Hall–Kier alpha value is -0.250. The molecule has 2 N–H and O–H groups in total. The number of nitrogens with one attached hydrogen (secondary N) is 2. The number of hydrogen-bond acceptors (Lipinski definition) is 5. The first-order chi connectivity index (χ1) is 9.92. The predicted octanol–water partition coefficient (Wildman–Crippen LogP) is 3.12. The van der Waals surface area contributed by atoms with Gasteiger partial charge in [-0.2, -0.15) is 0 Å². The number of aryl methyl sites for hydroxylation is 1. The molecule has 0 unspecified atom stereocenters. The van der Waals surface area contributed by atoms with Crippen molar-refractivity contribution in [2.45, 2.75) is 24.1 Å². The average molecular weight is 409 g/mol. The van der Waals surface area contributed by atoms with Gasteiger partial charge >= 0.3 is 0 Å². The van der Waals surface area contributed by atoms with E-state index in [1.165, 1.54) is 11.3 Å². The Morgan fingerprint density at radius 1 is 1.29 bits per heavy atom. The second kappa shape index (κ2) is 7.34. The third-order valence-corrected chi connectivity index (χ3v) is 7.75. The highest BCUT2D eigenvalue weighted by atomic mass is 79.9. The molecular weight excluding hydrogens is 392 g/mol. The normalized spacial score (nSPS) is 12.0. The maximum Gasteiger partial charge on any atom is 0.250 e. The quantitative estimate of drug-likeness (QED) is 0.739. The van der Waals surface area contributed by atoms with Gasteiger partial charge in [-0.15, -0.1) is 22.7 Å². The third kappa shape index (κ3) is 4.61. The summed E-state index contributed by atoms with van der Waals surface area (Å²) >= 11 is 6.35. The van der Waals surface area contributed by atoms with Crippen molar-refractivity contribution in [3.05, 3.63) is 37.3 Å². The van der Waals surface area contributed by atoms with E-state index in [9.17, 15) is 8.42 Å². The van der Waals surface area contributed by atoms with Crippen LogP contribution in [0.5, 0.6) is 0 Å². The van der Waals surface area contributed by atoms with Gasteiger partial charge in [-0.25, -0.2) is 13.1 Å². The summed E-state index contributed by atoms with van der Waals surface area (Å²) < 4.78 is 28.7. The zero-order chi connectivity index (χ0) is 15.5. The van der Waals surface area contributed by atoms with E-state index in [0.29, 0.717) is 23.7 Å². The highest BCUT2D eigenvalue weighted by Gasteiger charge is 2.18. The first-order valence-corrected chi connectivity index (χ1v) is 10.3. The fraction of sp³-hybridized carbons (Fsp3) is 0.385. The summed E-state index contributed by atoms with van der Waals surface area (Å²) in [5, 5.41) is 3.05. The van der Waals surface area contributed by atoms with Gasteiger partial charge in [0.1, 0.15) is 4.21 Å². The monoisotopic (exact) mass is 408 g/mol. The fourth-order valence-corrected chi connectivity index (χ4v) is 5.98. The van der Waals surface area contributed by atoms with Crippen LogP contribution >= 0.6 is 38.6 Å². The molecule has 0 saturated heterocycles. The molecule has 0 bridgehead atoms. The zero-order valence-corrected chi connectivity index (χ0v) is 15.8. The van der Waals surface area contributed by atoms with Crippen molar-refractivity contribution >= 4 is 48.6 Å². The van der Waals surface area contributed by atoms with Gasteiger partial charge in [0.2, 0.25) is 10.0 Å². The molecular formula is C13H17BrN2O2S3. The van der Waals surface area contributed by atoms with E-state index in [2.05, 4.69) is 26.0 Å². The smallest absolute Gasteiger partial charge is 0.250 e. The Balaban J connectivity index is 1.99. The van der Waals surface area contributed by atoms with Crippen LogP contribution in [-0.2, 0) is 23.0 Å². The van der Waals surface area contributed by atoms with Gasteiger partial charge in [-0.1, -0.05) is 0 Å². The minimum Gasteiger partial charge on any atom is -0.315 e. The van der Waals surface area contributed by atoms with Crippen molar-refractivity contribution < 1.29 is 8.42 Å². The van der Waals surface area contributed by atoms with E-state index in [4.69, 9.17) is 0 Å². The summed E-state index contributed by atoms with van der Waals surface area (Å²) in [6.45, 7) is 3.04. The lowest BCUT2D eigenvalue weighted by Crippen LogP contribution is -2.25. The zero-order valence-electron chi connectivity index (χ0n) is 11.8. The van der Waals surface area contributed by atoms with Crippen molar-refractivity contribution in [1.82, 2.24) is 10.0 Å². The molecule has 4 nitrogen and oxygen atoms in total. The van der Waals surface area contributed by atoms with Gasteiger partial charge in [0, 0.05) is 22.8 Å². The minimum absolute atomic E-state index is 0.387.